The van der Waals surface area contributed by atoms with E-state index in [0.29, 0.717) is 39.1 Å². The normalized spacial score (nSPS) is 12.7. The molecule has 0 radical (unpaired) electrons. The van der Waals surface area contributed by atoms with Crippen LogP contribution in [0.3, 0.4) is 0 Å². The van der Waals surface area contributed by atoms with E-state index in [1.54, 1.807) is 47.6 Å². The first-order chi connectivity index (χ1) is 28.7. The minimum atomic E-state index is -2.63. The number of ether oxygens (including phenoxy) is 3. The lowest BCUT2D eigenvalue weighted by atomic mass is 9.90. The summed E-state index contributed by atoms with van der Waals surface area (Å²) in [6.07, 6.45) is 4.59. The van der Waals surface area contributed by atoms with E-state index >= 15 is 0 Å². The van der Waals surface area contributed by atoms with E-state index in [2.05, 4.69) is 15.9 Å². The van der Waals surface area contributed by atoms with Crippen LogP contribution in [0.15, 0.2) is 39.9 Å². The van der Waals surface area contributed by atoms with E-state index < -0.39 is 30.8 Å². The van der Waals surface area contributed by atoms with Crippen LogP contribution in [0, 0.1) is 54.4 Å². The first-order valence-corrected chi connectivity index (χ1v) is 21.1. The van der Waals surface area contributed by atoms with E-state index in [1.165, 1.54) is 57.1 Å². The van der Waals surface area contributed by atoms with Gasteiger partial charge in [0.15, 0.2) is 5.78 Å². The van der Waals surface area contributed by atoms with Gasteiger partial charge in [0, 0.05) is 6.42 Å². The molecular weight excluding hydrogens is 854 g/mol. The summed E-state index contributed by atoms with van der Waals surface area (Å²) in [5.41, 5.74) is 5.86. The van der Waals surface area contributed by atoms with E-state index in [0.717, 1.165) is 18.6 Å². The van der Waals surface area contributed by atoms with Crippen LogP contribution in [-0.4, -0.2) is 53.7 Å². The van der Waals surface area contributed by atoms with Gasteiger partial charge in [0.1, 0.15) is 39.3 Å². The van der Waals surface area contributed by atoms with E-state index in [4.69, 9.17) is 19.0 Å². The van der Waals surface area contributed by atoms with Gasteiger partial charge in [0.2, 0.25) is 6.43 Å². The molecule has 13 heteroatoms. The van der Waals surface area contributed by atoms with Crippen molar-refractivity contribution in [3.8, 4) is 23.0 Å². The summed E-state index contributed by atoms with van der Waals surface area (Å²) in [6.45, 7) is 22.8. The molecule has 2 aliphatic rings. The third-order valence-electron chi connectivity index (χ3n) is 10.2. The van der Waals surface area contributed by atoms with Crippen molar-refractivity contribution in [1.29, 1.82) is 0 Å². The third-order valence-corrected chi connectivity index (χ3v) is 10.9. The Morgan fingerprint density at radius 2 is 1.34 bits per heavy atom. The molecule has 5 rings (SSSR count). The number of halogens is 3. The molecular formula is C48H61BrF2O10. The van der Waals surface area contributed by atoms with Gasteiger partial charge in [-0.1, -0.05) is 38.8 Å². The Morgan fingerprint density at radius 1 is 0.803 bits per heavy atom. The Kier molecular flexibility index (Phi) is 22.0. The summed E-state index contributed by atoms with van der Waals surface area (Å²) in [6, 6.07) is 2.83. The van der Waals surface area contributed by atoms with Crippen LogP contribution < -0.4 is 14.2 Å². The number of aldehydes is 1. The van der Waals surface area contributed by atoms with Gasteiger partial charge in [-0.2, -0.15) is 0 Å². The number of hydrogen-bond acceptors (Lipinski definition) is 9. The molecule has 0 atom stereocenters. The molecule has 0 spiro atoms. The summed E-state index contributed by atoms with van der Waals surface area (Å²) < 4.78 is 43.2. The minimum absolute atomic E-state index is 0.0138. The molecule has 10 nitrogen and oxygen atoms in total. The smallest absolute Gasteiger partial charge is 0.347 e. The van der Waals surface area contributed by atoms with Gasteiger partial charge in [-0.15, -0.1) is 0 Å². The minimum Gasteiger partial charge on any atom is -0.506 e. The average molecular weight is 916 g/mol. The van der Waals surface area contributed by atoms with Crippen molar-refractivity contribution < 1.29 is 57.2 Å². The summed E-state index contributed by atoms with van der Waals surface area (Å²) in [4.78, 5) is 58.4. The number of carboxylic acid groups (broad SMARTS) is 1. The number of carbonyl (C=O) groups is 5. The van der Waals surface area contributed by atoms with Crippen molar-refractivity contribution in [3.63, 3.8) is 0 Å². The summed E-state index contributed by atoms with van der Waals surface area (Å²) in [5, 5.41) is 20.4. The number of esters is 2. The Morgan fingerprint density at radius 3 is 1.84 bits per heavy atom. The first kappa shape index (κ1) is 53.8. The maximum absolute atomic E-state index is 13.4. The predicted octanol–water partition coefficient (Wildman–Crippen LogP) is 12.2. The molecule has 0 amide bonds. The van der Waals surface area contributed by atoms with Crippen molar-refractivity contribution in [2.75, 3.05) is 7.11 Å². The highest BCUT2D eigenvalue weighted by molar-refractivity contribution is 9.10. The lowest BCUT2D eigenvalue weighted by Crippen LogP contribution is -2.17. The maximum Gasteiger partial charge on any atom is 0.347 e. The number of phenols is 1. The van der Waals surface area contributed by atoms with Gasteiger partial charge in [-0.3, -0.25) is 4.79 Å². The van der Waals surface area contributed by atoms with Crippen molar-refractivity contribution in [1.82, 2.24) is 0 Å². The number of carbonyl (C=O) groups excluding carboxylic acids is 4. The van der Waals surface area contributed by atoms with Crippen molar-refractivity contribution in [2.24, 2.45) is 5.92 Å². The molecule has 0 unspecified atom stereocenters. The van der Waals surface area contributed by atoms with Crippen molar-refractivity contribution in [2.45, 2.75) is 129 Å². The molecule has 3 aromatic carbocycles. The second kappa shape index (κ2) is 24.9. The van der Waals surface area contributed by atoms with Crippen LogP contribution >= 0.6 is 15.9 Å². The average Bonchev–Trinajstić information content (AvgIpc) is 4.06. The number of ketones is 1. The van der Waals surface area contributed by atoms with E-state index in [1.807, 2.05) is 40.7 Å². The predicted molar refractivity (Wildman–Crippen MR) is 238 cm³/mol. The van der Waals surface area contributed by atoms with Crippen LogP contribution in [0.2, 0.25) is 0 Å². The van der Waals surface area contributed by atoms with Gasteiger partial charge in [0.25, 0.3) is 0 Å². The summed E-state index contributed by atoms with van der Waals surface area (Å²) >= 11 is 3.25. The lowest BCUT2D eigenvalue weighted by Gasteiger charge is -2.21. The van der Waals surface area contributed by atoms with Crippen LogP contribution in [-0.2, 0) is 16.0 Å². The Labute approximate surface area is 367 Å². The highest BCUT2D eigenvalue weighted by atomic mass is 79.9. The molecule has 0 heterocycles. The lowest BCUT2D eigenvalue weighted by molar-refractivity contribution is -0.110. The molecule has 2 N–H and O–H groups in total. The molecule has 0 saturated heterocycles. The fraction of sp³-hybridized carbons (Fsp3) is 0.438. The van der Waals surface area contributed by atoms with Gasteiger partial charge in [-0.05, 0) is 179 Å². The van der Waals surface area contributed by atoms with Crippen molar-refractivity contribution in [3.05, 3.63) is 101 Å². The third kappa shape index (κ3) is 13.7. The quantitative estimate of drug-likeness (QED) is 0.114. The number of aromatic hydroxyl groups is 1. The van der Waals surface area contributed by atoms with Crippen LogP contribution in [0.25, 0.3) is 0 Å². The first-order valence-electron chi connectivity index (χ1n) is 20.3. The molecule has 2 aliphatic carbocycles. The monoisotopic (exact) mass is 914 g/mol. The largest absolute Gasteiger partial charge is 0.506 e. The highest BCUT2D eigenvalue weighted by Gasteiger charge is 2.29. The van der Waals surface area contributed by atoms with Gasteiger partial charge in [0.05, 0.1) is 18.2 Å². The van der Waals surface area contributed by atoms with Crippen LogP contribution in [0.5, 0.6) is 23.0 Å². The van der Waals surface area contributed by atoms with Crippen LogP contribution in [0.1, 0.15) is 143 Å². The summed E-state index contributed by atoms with van der Waals surface area (Å²) in [7, 11) is 1.45. The zero-order chi connectivity index (χ0) is 47.0. The number of methoxy groups -OCH3 is 1. The second-order valence-corrected chi connectivity index (χ2v) is 14.8. The molecule has 0 aliphatic heterocycles. The van der Waals surface area contributed by atoms with Gasteiger partial charge in [-0.25, -0.2) is 23.2 Å². The maximum atomic E-state index is 13.4. The van der Waals surface area contributed by atoms with E-state index in [9.17, 15) is 38.2 Å². The SMILES string of the molecule is CC.CC.CC1=CC(=O)C=C(C2CC2)C1.CC=O.COc1c(C)c(C)c(C(=O)Oc2ccc(C(=O)Oc3c(C)c(C)c(C(=O)O)c(C)c3CCC(F)F)c(C)c2C)c(O)c1Br. The molecule has 334 valence electrons. The summed E-state index contributed by atoms with van der Waals surface area (Å²) in [5.74, 6) is -1.62. The fourth-order valence-electron chi connectivity index (χ4n) is 6.64. The number of benzene rings is 3. The Bertz CT molecular complexity index is 2140. The Balaban J connectivity index is 0.000000857. The number of aromatic carboxylic acids is 1. The zero-order valence-corrected chi connectivity index (χ0v) is 39.5. The topological polar surface area (TPSA) is 154 Å². The number of hydrogen-bond donors (Lipinski definition) is 2. The fourth-order valence-corrected chi connectivity index (χ4v) is 7.30. The Hall–Kier alpha value is -5.17. The molecule has 1 fully saturated rings. The van der Waals surface area contributed by atoms with Gasteiger partial charge >= 0.3 is 17.9 Å². The number of carboxylic acids is 1. The molecule has 61 heavy (non-hydrogen) atoms. The number of alkyl halides is 2. The van der Waals surface area contributed by atoms with Crippen LogP contribution in [0.4, 0.5) is 8.78 Å². The molecule has 0 aromatic heterocycles. The molecule has 3 aromatic rings. The highest BCUT2D eigenvalue weighted by Crippen LogP contribution is 2.43. The van der Waals surface area contributed by atoms with Crippen molar-refractivity contribution >= 4 is 45.9 Å². The zero-order valence-electron chi connectivity index (χ0n) is 37.9. The number of allylic oxidation sites excluding steroid dienone is 4. The second-order valence-electron chi connectivity index (χ2n) is 14.1. The standard InChI is InChI=1S/C32H33BrF2O8.C10H12O.C2H4O.2C2H6/c1-13-14(2)22(42-32(40)25-16(4)18(6)29(41-8)26(33)27(25)36)11-9-21(13)31(39)43-28-17(5)15(3)24(30(37)38)19(7)20(28)10-12-23(34)35;1-7-4-9(8-2-3-8)6-10(11)5-7;1-2-3;2*1-2/h9,11,23,36H,10,12H2,1-8H3,(H,37,38);5-6,8H,2-4H2,1H3;2H,1H3;2*1-2H3. The van der Waals surface area contributed by atoms with Gasteiger partial charge < -0.3 is 29.2 Å². The van der Waals surface area contributed by atoms with E-state index in [-0.39, 0.29) is 61.7 Å². The molecule has 1 saturated carbocycles. The molecule has 0 bridgehead atoms. The number of phenolic OH excluding ortho intramolecular Hbond substituents is 1. The number of rotatable bonds is 10.